The van der Waals surface area contributed by atoms with E-state index in [9.17, 15) is 13.6 Å². The van der Waals surface area contributed by atoms with E-state index >= 15 is 0 Å². The van der Waals surface area contributed by atoms with Crippen LogP contribution in [0, 0.1) is 11.6 Å². The van der Waals surface area contributed by atoms with Crippen LogP contribution >= 0.6 is 0 Å². The third-order valence-corrected chi connectivity index (χ3v) is 5.03. The van der Waals surface area contributed by atoms with Crippen LogP contribution in [0.1, 0.15) is 30.0 Å². The topological polar surface area (TPSA) is 23.6 Å². The van der Waals surface area contributed by atoms with Gasteiger partial charge in [-0.2, -0.15) is 0 Å². The van der Waals surface area contributed by atoms with Crippen LogP contribution in [0.15, 0.2) is 48.5 Å². The first-order valence-corrected chi connectivity index (χ1v) is 9.01. The third-order valence-electron chi connectivity index (χ3n) is 5.03. The molecule has 26 heavy (non-hydrogen) atoms. The van der Waals surface area contributed by atoms with Crippen molar-refractivity contribution in [3.05, 3.63) is 71.3 Å². The normalized spacial score (nSPS) is 15.8. The summed E-state index contributed by atoms with van der Waals surface area (Å²) in [6.45, 7) is 2.84. The van der Waals surface area contributed by atoms with Gasteiger partial charge >= 0.3 is 0 Å². The summed E-state index contributed by atoms with van der Waals surface area (Å²) < 4.78 is 27.0. The molecule has 3 rings (SSSR count). The van der Waals surface area contributed by atoms with Crippen molar-refractivity contribution in [2.45, 2.75) is 25.3 Å². The number of hydrogen-bond donors (Lipinski definition) is 0. The van der Waals surface area contributed by atoms with Crippen LogP contribution in [0.3, 0.4) is 0 Å². The van der Waals surface area contributed by atoms with E-state index in [1.165, 1.54) is 25.0 Å². The van der Waals surface area contributed by atoms with Crippen molar-refractivity contribution in [1.29, 1.82) is 0 Å². The first-order chi connectivity index (χ1) is 12.5. The van der Waals surface area contributed by atoms with Gasteiger partial charge in [-0.1, -0.05) is 36.4 Å². The Morgan fingerprint density at radius 1 is 1.12 bits per heavy atom. The fourth-order valence-electron chi connectivity index (χ4n) is 3.46. The molecule has 2 aromatic rings. The summed E-state index contributed by atoms with van der Waals surface area (Å²) in [5.74, 6) is -1.49. The standard InChI is InChI=1S/C21H24F2N2O/c1-24(21(26)13-17-9-10-18(22)14-19(17)23)20(15-25-11-5-6-12-25)16-7-3-2-4-8-16/h2-4,7-10,14,20H,5-6,11-13,15H2,1H3/t20-/m1/s1. The summed E-state index contributed by atoms with van der Waals surface area (Å²) in [7, 11) is 1.76. The zero-order valence-corrected chi connectivity index (χ0v) is 15.0. The van der Waals surface area contributed by atoms with Gasteiger partial charge in [-0.25, -0.2) is 8.78 Å². The summed E-state index contributed by atoms with van der Waals surface area (Å²) in [6.07, 6.45) is 2.28. The summed E-state index contributed by atoms with van der Waals surface area (Å²) in [6, 6.07) is 13.2. The Morgan fingerprint density at radius 2 is 1.81 bits per heavy atom. The van der Waals surface area contributed by atoms with E-state index < -0.39 is 11.6 Å². The molecular weight excluding hydrogens is 334 g/mol. The minimum absolute atomic E-state index is 0.0774. The van der Waals surface area contributed by atoms with E-state index in [0.29, 0.717) is 0 Å². The van der Waals surface area contributed by atoms with Gasteiger partial charge in [-0.15, -0.1) is 0 Å². The Hall–Kier alpha value is -2.27. The number of amides is 1. The molecular formula is C21H24F2N2O. The number of likely N-dealkylation sites (tertiary alicyclic amines) is 1. The van der Waals surface area contributed by atoms with Crippen molar-refractivity contribution < 1.29 is 13.6 Å². The number of nitrogens with zero attached hydrogens (tertiary/aromatic N) is 2. The highest BCUT2D eigenvalue weighted by molar-refractivity contribution is 5.79. The minimum Gasteiger partial charge on any atom is -0.337 e. The number of hydrogen-bond acceptors (Lipinski definition) is 2. The zero-order chi connectivity index (χ0) is 18.5. The number of carbonyl (C=O) groups excluding carboxylic acids is 1. The van der Waals surface area contributed by atoms with E-state index in [4.69, 9.17) is 0 Å². The molecule has 1 heterocycles. The fourth-order valence-corrected chi connectivity index (χ4v) is 3.46. The lowest BCUT2D eigenvalue weighted by atomic mass is 10.0. The predicted molar refractivity (Wildman–Crippen MR) is 97.7 cm³/mol. The summed E-state index contributed by atoms with van der Waals surface area (Å²) >= 11 is 0. The molecule has 1 aliphatic rings. The van der Waals surface area contributed by atoms with Crippen LogP contribution in [-0.4, -0.2) is 42.4 Å². The van der Waals surface area contributed by atoms with Crippen LogP contribution < -0.4 is 0 Å². The fraction of sp³-hybridized carbons (Fsp3) is 0.381. The van der Waals surface area contributed by atoms with Crippen LogP contribution in [0.2, 0.25) is 0 Å². The highest BCUT2D eigenvalue weighted by Crippen LogP contribution is 2.24. The Bertz CT molecular complexity index is 745. The third kappa shape index (κ3) is 4.47. The van der Waals surface area contributed by atoms with Gasteiger partial charge in [0.25, 0.3) is 0 Å². The van der Waals surface area contributed by atoms with E-state index in [1.807, 2.05) is 30.3 Å². The molecule has 2 aromatic carbocycles. The van der Waals surface area contributed by atoms with Gasteiger partial charge in [0.1, 0.15) is 11.6 Å². The molecule has 1 atom stereocenters. The summed E-state index contributed by atoms with van der Waals surface area (Å²) in [5, 5.41) is 0. The van der Waals surface area contributed by atoms with Crippen LogP contribution in [0.4, 0.5) is 8.78 Å². The quantitative estimate of drug-likeness (QED) is 0.784. The summed E-state index contributed by atoms with van der Waals surface area (Å²) in [4.78, 5) is 16.8. The lowest BCUT2D eigenvalue weighted by molar-refractivity contribution is -0.131. The summed E-state index contributed by atoms with van der Waals surface area (Å²) in [5.41, 5.74) is 1.28. The van der Waals surface area contributed by atoms with Gasteiger partial charge in [-0.3, -0.25) is 4.79 Å². The van der Waals surface area contributed by atoms with Crippen LogP contribution in [0.25, 0.3) is 0 Å². The van der Waals surface area contributed by atoms with Crippen molar-refractivity contribution in [3.63, 3.8) is 0 Å². The van der Waals surface area contributed by atoms with E-state index in [1.54, 1.807) is 11.9 Å². The van der Waals surface area contributed by atoms with Gasteiger partial charge in [-0.05, 0) is 43.1 Å². The maximum atomic E-state index is 13.9. The second kappa shape index (κ2) is 8.41. The molecule has 0 unspecified atom stereocenters. The molecule has 3 nitrogen and oxygen atoms in total. The molecule has 0 spiro atoms. The van der Waals surface area contributed by atoms with Gasteiger partial charge in [0, 0.05) is 19.7 Å². The van der Waals surface area contributed by atoms with Crippen molar-refractivity contribution in [3.8, 4) is 0 Å². The number of benzene rings is 2. The molecule has 0 aromatic heterocycles. The van der Waals surface area contributed by atoms with Crippen molar-refractivity contribution in [2.75, 3.05) is 26.7 Å². The largest absolute Gasteiger partial charge is 0.337 e. The minimum atomic E-state index is -0.678. The van der Waals surface area contributed by atoms with Crippen LogP contribution in [-0.2, 0) is 11.2 Å². The van der Waals surface area contributed by atoms with Gasteiger partial charge < -0.3 is 9.80 Å². The molecule has 0 radical (unpaired) electrons. The number of carbonyl (C=O) groups is 1. The highest BCUT2D eigenvalue weighted by atomic mass is 19.1. The smallest absolute Gasteiger partial charge is 0.227 e. The van der Waals surface area contributed by atoms with Crippen LogP contribution in [0.5, 0.6) is 0 Å². The number of likely N-dealkylation sites (N-methyl/N-ethyl adjacent to an activating group) is 1. The van der Waals surface area contributed by atoms with Gasteiger partial charge in [0.15, 0.2) is 0 Å². The molecule has 1 fully saturated rings. The Labute approximate surface area is 153 Å². The molecule has 138 valence electrons. The first-order valence-electron chi connectivity index (χ1n) is 9.01. The lowest BCUT2D eigenvalue weighted by Gasteiger charge is -2.32. The Morgan fingerprint density at radius 3 is 2.46 bits per heavy atom. The molecule has 0 aliphatic carbocycles. The Kier molecular flexibility index (Phi) is 5.99. The monoisotopic (exact) mass is 358 g/mol. The van der Waals surface area contributed by atoms with Crippen molar-refractivity contribution in [2.24, 2.45) is 0 Å². The highest BCUT2D eigenvalue weighted by Gasteiger charge is 2.26. The molecule has 1 saturated heterocycles. The molecule has 1 amide bonds. The number of rotatable bonds is 6. The van der Waals surface area contributed by atoms with Crippen molar-refractivity contribution >= 4 is 5.91 Å². The SMILES string of the molecule is CN(C(=O)Cc1ccc(F)cc1F)[C@H](CN1CCCC1)c1ccccc1. The second-order valence-corrected chi connectivity index (χ2v) is 6.85. The second-order valence-electron chi connectivity index (χ2n) is 6.85. The maximum Gasteiger partial charge on any atom is 0.227 e. The average molecular weight is 358 g/mol. The maximum absolute atomic E-state index is 13.9. The van der Waals surface area contributed by atoms with E-state index in [0.717, 1.165) is 31.3 Å². The lowest BCUT2D eigenvalue weighted by Crippen LogP contribution is -2.39. The van der Waals surface area contributed by atoms with Crippen molar-refractivity contribution in [1.82, 2.24) is 9.80 Å². The number of halogens is 2. The predicted octanol–water partition coefficient (Wildman–Crippen LogP) is 3.80. The molecule has 0 bridgehead atoms. The Balaban J connectivity index is 1.77. The van der Waals surface area contributed by atoms with Gasteiger partial charge in [0.2, 0.25) is 5.91 Å². The molecule has 1 aliphatic heterocycles. The molecule has 0 N–H and O–H groups in total. The molecule has 5 heteroatoms. The van der Waals surface area contributed by atoms with E-state index in [2.05, 4.69) is 4.90 Å². The zero-order valence-electron chi connectivity index (χ0n) is 15.0. The first kappa shape index (κ1) is 18.5. The van der Waals surface area contributed by atoms with Gasteiger partial charge in [0.05, 0.1) is 12.5 Å². The molecule has 0 saturated carbocycles. The average Bonchev–Trinajstić information content (AvgIpc) is 3.15. The van der Waals surface area contributed by atoms with E-state index in [-0.39, 0.29) is 23.9 Å².